The Morgan fingerprint density at radius 2 is 1.07 bits per heavy atom. The van der Waals surface area contributed by atoms with Gasteiger partial charge in [0.15, 0.2) is 0 Å². The lowest BCUT2D eigenvalue weighted by atomic mass is 9.77. The fraction of sp³-hybridized carbons (Fsp3) is 0.333. The molecule has 0 fully saturated rings. The van der Waals surface area contributed by atoms with Gasteiger partial charge in [-0.25, -0.2) is 37.3 Å². The second-order valence-electron chi connectivity index (χ2n) is 34.6. The summed E-state index contributed by atoms with van der Waals surface area (Å²) >= 11 is 0. The Balaban J connectivity index is 0.906. The standard InChI is InChI=1S/C102H115N13O18S/c1-12-53-129-87(116)58-85(112-98(124)131-62-79-76-46-28-26-44-74(76)75-45-27-29-47-77(75)79)94(121)111-84(57-72-61-114(63-106-72)102(69-37-20-15-21-38-69,70-39-22-16-23-40-70)71-41-24-17-25-42-71)93(120)109-82(55-67-35-18-14-19-36-67)91(118)107-80(49-34-52-104-96(103)113-134(126,127)89-65(4)64(3)88-78(66(89)5)59-101(9,10)132-88)90(117)110-83(56-68-60-115(99(125)133-100(6,7)8)86-50-31-30-43-73(68)86)92(119)108-81(95(122)128-11)48-32-33-51-105-97(123)130-54-13-2/h12-31,35-47,50,60-61,63,79-85H,1-2,32-34,48-49,51-59,62H2,3-11H3,(H,105,123)(H,107,118)(H,108,119)(H,109,120)(H,110,117)(H,111,121)(H,112,124)(H3,103,104,113)/t80-,81-,82+,83-,84-,85-/m0/s1. The van der Waals surface area contributed by atoms with Crippen LogP contribution in [0.2, 0.25) is 0 Å². The van der Waals surface area contributed by atoms with Crippen LogP contribution in [0.3, 0.4) is 0 Å². The summed E-state index contributed by atoms with van der Waals surface area (Å²) in [5.74, 6) is -7.37. The summed E-state index contributed by atoms with van der Waals surface area (Å²) in [7, 11) is -3.35. The number of methoxy groups -OCH3 is 1. The molecule has 0 saturated heterocycles. The van der Waals surface area contributed by atoms with Crippen molar-refractivity contribution in [1.82, 2.24) is 61.4 Å². The maximum atomic E-state index is 16.2. The van der Waals surface area contributed by atoms with Crippen molar-refractivity contribution in [3.63, 3.8) is 0 Å². The second-order valence-corrected chi connectivity index (χ2v) is 36.3. The van der Waals surface area contributed by atoms with Crippen molar-refractivity contribution in [2.24, 2.45) is 0 Å². The quantitative estimate of drug-likeness (QED) is 0.00324. The minimum absolute atomic E-state index is 0.0362. The average molecular weight is 1840 g/mol. The Kier molecular flexibility index (Phi) is 32.6. The fourth-order valence-corrected chi connectivity index (χ4v) is 18.6. The van der Waals surface area contributed by atoms with Gasteiger partial charge in [-0.15, -0.1) is 0 Å². The molecular weight excluding hydrogens is 1730 g/mol. The van der Waals surface area contributed by atoms with E-state index in [1.165, 1.54) is 22.9 Å². The molecule has 32 heteroatoms. The third-order valence-electron chi connectivity index (χ3n) is 23.4. The molecule has 12 rings (SSSR count). The number of benzene rings is 8. The Hall–Kier alpha value is -14.7. The molecule has 2 aromatic heterocycles. The molecule has 0 bridgehead atoms. The summed E-state index contributed by atoms with van der Waals surface area (Å²) in [6.07, 6.45) is 3.40. The molecule has 10 N–H and O–H groups in total. The lowest BCUT2D eigenvalue weighted by Gasteiger charge is -2.37. The van der Waals surface area contributed by atoms with Crippen LogP contribution in [-0.4, -0.2) is 176 Å². The van der Waals surface area contributed by atoms with Crippen molar-refractivity contribution in [2.75, 3.05) is 40.0 Å². The number of hydrogen-bond acceptors (Lipinski definition) is 20. The van der Waals surface area contributed by atoms with Gasteiger partial charge >= 0.3 is 30.2 Å². The number of carbonyl (C=O) groups excluding carboxylic acids is 10. The zero-order valence-corrected chi connectivity index (χ0v) is 77.3. The van der Waals surface area contributed by atoms with Gasteiger partial charge in [-0.05, 0) is 160 Å². The predicted octanol–water partition coefficient (Wildman–Crippen LogP) is 12.1. The highest BCUT2D eigenvalue weighted by Crippen LogP contribution is 2.47. The monoisotopic (exact) mass is 1840 g/mol. The van der Waals surface area contributed by atoms with Gasteiger partial charge in [0.05, 0.1) is 36.0 Å². The van der Waals surface area contributed by atoms with Gasteiger partial charge < -0.3 is 75.5 Å². The first-order valence-corrected chi connectivity index (χ1v) is 45.9. The van der Waals surface area contributed by atoms with E-state index < -0.39 is 154 Å². The van der Waals surface area contributed by atoms with Crippen molar-refractivity contribution in [2.45, 2.75) is 183 Å². The number of sulfonamides is 1. The third-order valence-corrected chi connectivity index (χ3v) is 25.0. The van der Waals surface area contributed by atoms with Gasteiger partial charge in [0, 0.05) is 68.0 Å². The first-order valence-electron chi connectivity index (χ1n) is 44.4. The van der Waals surface area contributed by atoms with Crippen molar-refractivity contribution in [1.29, 1.82) is 5.41 Å². The van der Waals surface area contributed by atoms with Gasteiger partial charge in [-0.3, -0.25) is 38.7 Å². The zero-order valence-electron chi connectivity index (χ0n) is 76.5. The van der Waals surface area contributed by atoms with Crippen LogP contribution in [0.1, 0.15) is 146 Å². The van der Waals surface area contributed by atoms with Gasteiger partial charge in [0.2, 0.25) is 35.5 Å². The van der Waals surface area contributed by atoms with E-state index in [9.17, 15) is 32.4 Å². The number of rotatable bonds is 41. The van der Waals surface area contributed by atoms with E-state index in [0.717, 1.165) is 46.1 Å². The first kappa shape index (κ1) is 98.3. The summed E-state index contributed by atoms with van der Waals surface area (Å²) in [6.45, 7) is 20.6. The summed E-state index contributed by atoms with van der Waals surface area (Å²) < 4.78 is 68.2. The molecular formula is C102H115N13O18S. The van der Waals surface area contributed by atoms with Gasteiger partial charge in [-0.2, -0.15) is 0 Å². The number of hydrogen-bond donors (Lipinski definition) is 10. The van der Waals surface area contributed by atoms with E-state index in [4.69, 9.17) is 38.8 Å². The Bertz CT molecular complexity index is 5940. The van der Waals surface area contributed by atoms with E-state index in [-0.39, 0.29) is 75.6 Å². The van der Waals surface area contributed by atoms with Crippen LogP contribution >= 0.6 is 0 Å². The smallest absolute Gasteiger partial charge is 0.419 e. The van der Waals surface area contributed by atoms with Gasteiger partial charge in [0.25, 0.3) is 10.0 Å². The van der Waals surface area contributed by atoms with Crippen LogP contribution < -0.4 is 52.0 Å². The van der Waals surface area contributed by atoms with Crippen molar-refractivity contribution >= 4 is 86.6 Å². The number of guanidine groups is 1. The largest absolute Gasteiger partial charge is 0.487 e. The number of nitrogens with zero attached hydrogens (tertiary/aromatic N) is 3. The highest BCUT2D eigenvalue weighted by molar-refractivity contribution is 7.90. The van der Waals surface area contributed by atoms with E-state index in [2.05, 4.69) is 60.4 Å². The Morgan fingerprint density at radius 1 is 0.560 bits per heavy atom. The molecule has 2 aliphatic rings. The molecule has 1 aliphatic carbocycles. The maximum Gasteiger partial charge on any atom is 0.419 e. The molecule has 702 valence electrons. The molecule has 0 spiro atoms. The van der Waals surface area contributed by atoms with Crippen LogP contribution in [-0.2, 0) is 98.5 Å². The number of aromatic nitrogens is 3. The van der Waals surface area contributed by atoms with E-state index in [0.29, 0.717) is 62.9 Å². The number of amides is 7. The van der Waals surface area contributed by atoms with Gasteiger partial charge in [-0.1, -0.05) is 213 Å². The summed E-state index contributed by atoms with van der Waals surface area (Å²) in [5, 5.41) is 31.6. The zero-order chi connectivity index (χ0) is 96.0. The van der Waals surface area contributed by atoms with Crippen molar-refractivity contribution in [3.05, 3.63) is 305 Å². The van der Waals surface area contributed by atoms with E-state index in [1.54, 1.807) is 109 Å². The molecule has 1 aliphatic heterocycles. The highest BCUT2D eigenvalue weighted by atomic mass is 32.2. The molecule has 0 radical (unpaired) electrons. The minimum Gasteiger partial charge on any atom is -0.487 e. The average Bonchev–Trinajstić information content (AvgIpc) is 1.30. The Labute approximate surface area is 779 Å². The van der Waals surface area contributed by atoms with Crippen LogP contribution in [0.4, 0.5) is 14.4 Å². The number of alkyl carbamates (subject to hydrolysis) is 2. The number of esters is 2. The van der Waals surface area contributed by atoms with Crippen LogP contribution in [0.5, 0.6) is 5.75 Å². The summed E-state index contributed by atoms with van der Waals surface area (Å²) in [6, 6.07) is 49.6. The molecule has 8 aromatic carbocycles. The number of fused-ring (bicyclic) bond motifs is 5. The van der Waals surface area contributed by atoms with Crippen molar-refractivity contribution < 1.29 is 84.8 Å². The Morgan fingerprint density at radius 3 is 1.66 bits per heavy atom. The second kappa shape index (κ2) is 44.5. The molecule has 10 aromatic rings. The minimum atomic E-state index is -4.47. The molecule has 6 atom stereocenters. The number of unbranched alkanes of at least 4 members (excludes halogenated alkanes) is 1. The highest BCUT2D eigenvalue weighted by Gasteiger charge is 2.43. The molecule has 0 unspecified atom stereocenters. The normalized spacial score (nSPS) is 13.9. The van der Waals surface area contributed by atoms with E-state index >= 15 is 24.0 Å². The number of carbonyl (C=O) groups is 10. The topological polar surface area (TPSA) is 415 Å². The van der Waals surface area contributed by atoms with Crippen LogP contribution in [0.15, 0.2) is 243 Å². The van der Waals surface area contributed by atoms with Gasteiger partial charge in [0.1, 0.15) is 78.6 Å². The molecule has 7 amide bonds. The lowest BCUT2D eigenvalue weighted by molar-refractivity contribution is -0.145. The SMILES string of the molecule is C=CCOC(=O)C[C@H](NC(=O)OCC1c2ccccc2-c2ccccc21)C(=O)N[C@@H](Cc1cn(C(c2ccccc2)(c2ccccc2)c2ccccc2)cn1)C(=O)N[C@H](Cc1ccccc1)C(=O)N[C@@H](CCCNC(=N)NS(=O)(=O)c1c(C)c(C)c2c(c1C)CC(C)(C)O2)C(=O)N[C@@H](Cc1cn(C(=O)OC(C)(C)C)c2ccccc12)C(=O)N[C@@H](CCCCNC(=O)OCC=C)C(=O)OC. The van der Waals surface area contributed by atoms with Crippen LogP contribution in [0, 0.1) is 26.2 Å². The molecule has 0 saturated carbocycles. The van der Waals surface area contributed by atoms with Crippen molar-refractivity contribution in [3.8, 4) is 16.9 Å². The lowest BCUT2D eigenvalue weighted by Crippen LogP contribution is -2.60. The predicted molar refractivity (Wildman–Crippen MR) is 505 cm³/mol. The number of nitrogens with one attached hydrogen (secondary N) is 10. The first-order chi connectivity index (χ1) is 64.2. The maximum absolute atomic E-state index is 16.2. The molecule has 134 heavy (non-hydrogen) atoms. The number of ether oxygens (including phenoxy) is 6. The van der Waals surface area contributed by atoms with E-state index in [1.807, 2.05) is 158 Å². The summed E-state index contributed by atoms with van der Waals surface area (Å²) in [4.78, 5) is 153. The number of imidazole rings is 1. The molecule has 31 nitrogen and oxygen atoms in total. The third kappa shape index (κ3) is 24.3. The summed E-state index contributed by atoms with van der Waals surface area (Å²) in [5.41, 5.74) is 6.96. The van der Waals surface area contributed by atoms with Crippen LogP contribution in [0.25, 0.3) is 22.0 Å². The fourth-order valence-electron chi connectivity index (χ4n) is 17.0. The molecule has 3 heterocycles. The number of para-hydroxylation sites is 1.